The Morgan fingerprint density at radius 3 is 2.15 bits per heavy atom. The number of hydrogen-bond acceptors (Lipinski definition) is 7. The summed E-state index contributed by atoms with van der Waals surface area (Å²) < 4.78 is 0. The zero-order valence-corrected chi connectivity index (χ0v) is 18.9. The first-order valence-electron chi connectivity index (χ1n) is 11.0. The Labute approximate surface area is 197 Å². The number of likely N-dealkylation sites (N-methyl/N-ethyl adjacent to an activating group) is 1. The summed E-state index contributed by atoms with van der Waals surface area (Å²) in [7, 11) is 1.35. The van der Waals surface area contributed by atoms with E-state index < -0.39 is 35.9 Å². The highest BCUT2D eigenvalue weighted by molar-refractivity contribution is 5.92. The molecule has 1 heterocycles. The van der Waals surface area contributed by atoms with Crippen LogP contribution in [-0.4, -0.2) is 69.7 Å². The van der Waals surface area contributed by atoms with Gasteiger partial charge in [0.1, 0.15) is 23.6 Å². The number of hydrogen-bond donors (Lipinski definition) is 6. The average Bonchev–Trinajstić information content (AvgIpc) is 2.80. The number of aliphatic carboxylic acids is 1. The highest BCUT2D eigenvalue weighted by Gasteiger charge is 2.33. The topological polar surface area (TPSA) is 179 Å². The summed E-state index contributed by atoms with van der Waals surface area (Å²) in [5.41, 5.74) is 13.8. The molecule has 0 aromatic heterocycles. The molecule has 3 atom stereocenters. The van der Waals surface area contributed by atoms with E-state index in [-0.39, 0.29) is 37.3 Å². The lowest BCUT2D eigenvalue weighted by atomic mass is 9.95. The fraction of sp³-hybridized carbons (Fsp3) is 0.375. The van der Waals surface area contributed by atoms with Gasteiger partial charge in [0, 0.05) is 19.9 Å². The average molecular weight is 471 g/mol. The number of nitrogens with two attached hydrogens (primary N) is 2. The highest BCUT2D eigenvalue weighted by atomic mass is 16.4. The molecule has 1 aliphatic heterocycles. The number of carbonyl (C=O) groups is 3. The minimum Gasteiger partial charge on any atom is -0.508 e. The van der Waals surface area contributed by atoms with Crippen LogP contribution in [0, 0.1) is 0 Å². The Balaban J connectivity index is 2.13. The zero-order valence-electron chi connectivity index (χ0n) is 18.9. The van der Waals surface area contributed by atoms with Crippen molar-refractivity contribution in [2.75, 3.05) is 13.6 Å². The molecule has 8 N–H and O–H groups in total. The molecule has 34 heavy (non-hydrogen) atoms. The summed E-state index contributed by atoms with van der Waals surface area (Å²) in [6.07, 6.45) is 0.482. The Morgan fingerprint density at radius 1 is 1.06 bits per heavy atom. The summed E-state index contributed by atoms with van der Waals surface area (Å²) in [4.78, 5) is 39.2. The van der Waals surface area contributed by atoms with Crippen molar-refractivity contribution in [2.24, 2.45) is 11.5 Å². The molecule has 0 unspecified atom stereocenters. The molecule has 0 saturated heterocycles. The van der Waals surface area contributed by atoms with Crippen molar-refractivity contribution in [3.05, 3.63) is 47.5 Å². The number of nitrogens with zero attached hydrogens (tertiary/aromatic N) is 1. The Morgan fingerprint density at radius 2 is 1.62 bits per heavy atom. The molecule has 2 aromatic carbocycles. The molecule has 0 fully saturated rings. The Bertz CT molecular complexity index is 1090. The summed E-state index contributed by atoms with van der Waals surface area (Å²) >= 11 is 0. The van der Waals surface area contributed by atoms with E-state index in [1.165, 1.54) is 19.2 Å². The lowest BCUT2D eigenvalue weighted by molar-refractivity contribution is -0.150. The van der Waals surface area contributed by atoms with Crippen LogP contribution in [0.25, 0.3) is 11.1 Å². The second-order valence-corrected chi connectivity index (χ2v) is 8.50. The highest BCUT2D eigenvalue weighted by Crippen LogP contribution is 2.31. The van der Waals surface area contributed by atoms with Crippen LogP contribution in [0.5, 0.6) is 11.5 Å². The standard InChI is InChI=1S/C24H30N4O6/c1-28-19(24(33)34)12-16-10-14(5-7-21(16)30)13-4-6-20(29)15(9-13)11-17(26)22(31)27-18(23(28)32)3-2-8-25/h4-7,9-10,17-19,29-30H,2-3,8,11-12,25-26H2,1H3,(H,27,31)(H,33,34)/t17-,18-,19-/m0/s1. The smallest absolute Gasteiger partial charge is 0.326 e. The fourth-order valence-electron chi connectivity index (χ4n) is 4.04. The largest absolute Gasteiger partial charge is 0.508 e. The SMILES string of the molecule is CN1C(=O)[C@H](CCCN)NC(=O)[C@@H](N)Cc2cc(ccc2O)-c2ccc(O)c(c2)C[C@H]1C(=O)O. The third-order valence-corrected chi connectivity index (χ3v) is 6.09. The van der Waals surface area contributed by atoms with Gasteiger partial charge in [-0.2, -0.15) is 0 Å². The first kappa shape index (κ1) is 25.0. The number of carboxylic acid groups (broad SMARTS) is 1. The van der Waals surface area contributed by atoms with Crippen molar-refractivity contribution in [3.63, 3.8) is 0 Å². The lowest BCUT2D eigenvalue weighted by Crippen LogP contribution is -2.55. The van der Waals surface area contributed by atoms with Gasteiger partial charge in [0.25, 0.3) is 0 Å². The zero-order chi connectivity index (χ0) is 25.0. The van der Waals surface area contributed by atoms with Gasteiger partial charge in [-0.25, -0.2) is 4.79 Å². The molecular formula is C24H30N4O6. The molecule has 4 bridgehead atoms. The van der Waals surface area contributed by atoms with Gasteiger partial charge in [-0.05, 0) is 65.9 Å². The molecule has 3 rings (SSSR count). The number of amides is 2. The van der Waals surface area contributed by atoms with Gasteiger partial charge in [0.15, 0.2) is 0 Å². The predicted molar refractivity (Wildman–Crippen MR) is 125 cm³/mol. The molecule has 1 aliphatic rings. The number of aromatic hydroxyl groups is 2. The number of phenols is 2. The van der Waals surface area contributed by atoms with E-state index >= 15 is 0 Å². The first-order chi connectivity index (χ1) is 16.1. The molecule has 2 amide bonds. The molecule has 0 aliphatic carbocycles. The Kier molecular flexibility index (Phi) is 7.75. The molecule has 0 saturated carbocycles. The van der Waals surface area contributed by atoms with Gasteiger partial charge in [0.2, 0.25) is 11.8 Å². The number of rotatable bonds is 4. The van der Waals surface area contributed by atoms with Crippen LogP contribution in [0.3, 0.4) is 0 Å². The van der Waals surface area contributed by atoms with Gasteiger partial charge in [-0.1, -0.05) is 12.1 Å². The molecule has 10 nitrogen and oxygen atoms in total. The van der Waals surface area contributed by atoms with Crippen LogP contribution in [0.4, 0.5) is 0 Å². The third kappa shape index (κ3) is 5.46. The second kappa shape index (κ2) is 10.5. The Hall–Kier alpha value is -3.63. The number of carboxylic acids is 1. The number of benzene rings is 2. The predicted octanol–water partition coefficient (Wildman–Crippen LogP) is 0.326. The molecule has 10 heteroatoms. The monoisotopic (exact) mass is 470 g/mol. The van der Waals surface area contributed by atoms with Crippen molar-refractivity contribution in [1.82, 2.24) is 10.2 Å². The van der Waals surface area contributed by atoms with E-state index in [4.69, 9.17) is 11.5 Å². The maximum Gasteiger partial charge on any atom is 0.326 e. The minimum atomic E-state index is -1.29. The van der Waals surface area contributed by atoms with Crippen LogP contribution in [0.2, 0.25) is 0 Å². The van der Waals surface area contributed by atoms with Crippen LogP contribution < -0.4 is 16.8 Å². The summed E-state index contributed by atoms with van der Waals surface area (Å²) in [5, 5.41) is 33.2. The van der Waals surface area contributed by atoms with E-state index in [1.54, 1.807) is 24.3 Å². The maximum atomic E-state index is 13.2. The van der Waals surface area contributed by atoms with Crippen LogP contribution in [-0.2, 0) is 27.2 Å². The minimum absolute atomic E-state index is 0.0157. The van der Waals surface area contributed by atoms with E-state index in [2.05, 4.69) is 5.32 Å². The number of phenolic OH excluding ortho intramolecular Hbond substituents is 2. The van der Waals surface area contributed by atoms with Crippen molar-refractivity contribution < 1.29 is 29.7 Å². The third-order valence-electron chi connectivity index (χ3n) is 6.09. The molecule has 2 aromatic rings. The van der Waals surface area contributed by atoms with Crippen LogP contribution >= 0.6 is 0 Å². The van der Waals surface area contributed by atoms with Gasteiger partial charge in [-0.3, -0.25) is 9.59 Å². The van der Waals surface area contributed by atoms with Gasteiger partial charge >= 0.3 is 5.97 Å². The number of fused-ring (bicyclic) bond motifs is 5. The summed E-state index contributed by atoms with van der Waals surface area (Å²) in [5.74, 6) is -2.59. The van der Waals surface area contributed by atoms with Gasteiger partial charge < -0.3 is 37.0 Å². The van der Waals surface area contributed by atoms with E-state index in [0.29, 0.717) is 28.7 Å². The molecule has 0 spiro atoms. The first-order valence-corrected chi connectivity index (χ1v) is 11.0. The fourth-order valence-corrected chi connectivity index (χ4v) is 4.04. The maximum absolute atomic E-state index is 13.2. The van der Waals surface area contributed by atoms with Crippen LogP contribution in [0.15, 0.2) is 36.4 Å². The van der Waals surface area contributed by atoms with E-state index in [0.717, 1.165) is 4.90 Å². The normalized spacial score (nSPS) is 21.4. The summed E-state index contributed by atoms with van der Waals surface area (Å²) in [6, 6.07) is 6.23. The van der Waals surface area contributed by atoms with Gasteiger partial charge in [0.05, 0.1) is 6.04 Å². The summed E-state index contributed by atoms with van der Waals surface area (Å²) in [6.45, 7) is 0.277. The van der Waals surface area contributed by atoms with Crippen molar-refractivity contribution in [2.45, 2.75) is 43.8 Å². The molecule has 0 radical (unpaired) electrons. The van der Waals surface area contributed by atoms with E-state index in [9.17, 15) is 29.7 Å². The van der Waals surface area contributed by atoms with Crippen LogP contribution in [0.1, 0.15) is 24.0 Å². The molecular weight excluding hydrogens is 440 g/mol. The second-order valence-electron chi connectivity index (χ2n) is 8.50. The molecule has 182 valence electrons. The van der Waals surface area contributed by atoms with Crippen molar-refractivity contribution in [3.8, 4) is 22.6 Å². The lowest BCUT2D eigenvalue weighted by Gasteiger charge is -2.30. The van der Waals surface area contributed by atoms with E-state index in [1.807, 2.05) is 0 Å². The van der Waals surface area contributed by atoms with Gasteiger partial charge in [-0.15, -0.1) is 0 Å². The van der Waals surface area contributed by atoms with Crippen molar-refractivity contribution in [1.29, 1.82) is 0 Å². The van der Waals surface area contributed by atoms with Crippen molar-refractivity contribution >= 4 is 17.8 Å². The number of nitrogens with one attached hydrogen (secondary N) is 1. The number of carbonyl (C=O) groups excluding carboxylic acids is 2. The quantitative estimate of drug-likeness (QED) is 0.370.